The van der Waals surface area contributed by atoms with Gasteiger partial charge in [-0.1, -0.05) is 0 Å². The van der Waals surface area contributed by atoms with Crippen LogP contribution in [0.15, 0.2) is 11.4 Å². The minimum absolute atomic E-state index is 0.219. The van der Waals surface area contributed by atoms with Crippen LogP contribution in [-0.4, -0.2) is 43.2 Å². The number of thiophene rings is 1. The predicted molar refractivity (Wildman–Crippen MR) is 84.5 cm³/mol. The monoisotopic (exact) mass is 308 g/mol. The van der Waals surface area contributed by atoms with E-state index in [1.807, 2.05) is 16.2 Å². The Morgan fingerprint density at radius 2 is 2.43 bits per heavy atom. The van der Waals surface area contributed by atoms with Crippen molar-refractivity contribution in [3.8, 4) is 0 Å². The van der Waals surface area contributed by atoms with E-state index in [0.717, 1.165) is 39.1 Å². The van der Waals surface area contributed by atoms with Gasteiger partial charge in [0.15, 0.2) is 0 Å². The average molecular weight is 308 g/mol. The Balaban J connectivity index is 1.35. The van der Waals surface area contributed by atoms with E-state index in [4.69, 9.17) is 4.74 Å². The zero-order chi connectivity index (χ0) is 14.5. The second-order valence-electron chi connectivity index (χ2n) is 5.89. The van der Waals surface area contributed by atoms with Crippen LogP contribution in [0.2, 0.25) is 0 Å². The number of carbonyl (C=O) groups excluding carboxylic acids is 1. The van der Waals surface area contributed by atoms with Crippen LogP contribution < -0.4 is 5.32 Å². The molecule has 2 aliphatic heterocycles. The number of carbonyl (C=O) groups is 1. The standard InChI is InChI=1S/C16H24N2O2S/c19-16(11-17-7-4-14-3-1-2-9-20-14)18-8-5-15-13(12-18)6-10-21-15/h6,10,14,17H,1-5,7-9,11-12H2. The molecule has 116 valence electrons. The summed E-state index contributed by atoms with van der Waals surface area (Å²) in [5.41, 5.74) is 1.33. The van der Waals surface area contributed by atoms with Crippen molar-refractivity contribution in [1.82, 2.24) is 10.2 Å². The second kappa shape index (κ2) is 7.38. The largest absolute Gasteiger partial charge is 0.378 e. The molecule has 0 aliphatic carbocycles. The van der Waals surface area contributed by atoms with Gasteiger partial charge < -0.3 is 15.0 Å². The summed E-state index contributed by atoms with van der Waals surface area (Å²) in [6, 6.07) is 2.15. The third kappa shape index (κ3) is 4.05. The summed E-state index contributed by atoms with van der Waals surface area (Å²) < 4.78 is 5.70. The van der Waals surface area contributed by atoms with Crippen LogP contribution in [0.25, 0.3) is 0 Å². The zero-order valence-corrected chi connectivity index (χ0v) is 13.3. The van der Waals surface area contributed by atoms with E-state index < -0.39 is 0 Å². The summed E-state index contributed by atoms with van der Waals surface area (Å²) in [5, 5.41) is 5.41. The van der Waals surface area contributed by atoms with Gasteiger partial charge >= 0.3 is 0 Å². The van der Waals surface area contributed by atoms with Crippen molar-refractivity contribution in [2.75, 3.05) is 26.2 Å². The third-order valence-corrected chi connectivity index (χ3v) is 5.38. The van der Waals surface area contributed by atoms with Gasteiger partial charge in [-0.25, -0.2) is 0 Å². The molecular formula is C16H24N2O2S. The average Bonchev–Trinajstić information content (AvgIpc) is 3.00. The highest BCUT2D eigenvalue weighted by molar-refractivity contribution is 7.10. The normalized spacial score (nSPS) is 22.1. The summed E-state index contributed by atoms with van der Waals surface area (Å²) >= 11 is 1.81. The first-order valence-electron chi connectivity index (χ1n) is 7.98. The number of nitrogens with one attached hydrogen (secondary N) is 1. The molecule has 3 rings (SSSR count). The van der Waals surface area contributed by atoms with Gasteiger partial charge in [0.2, 0.25) is 5.91 Å². The van der Waals surface area contributed by atoms with E-state index in [1.54, 1.807) is 0 Å². The molecule has 4 nitrogen and oxygen atoms in total. The lowest BCUT2D eigenvalue weighted by atomic mass is 10.1. The van der Waals surface area contributed by atoms with E-state index >= 15 is 0 Å². The van der Waals surface area contributed by atoms with Crippen LogP contribution in [0.4, 0.5) is 0 Å². The summed E-state index contributed by atoms with van der Waals surface area (Å²) in [7, 11) is 0. The third-order valence-electron chi connectivity index (χ3n) is 4.35. The zero-order valence-electron chi connectivity index (χ0n) is 12.5. The second-order valence-corrected chi connectivity index (χ2v) is 6.89. The molecule has 0 radical (unpaired) electrons. The van der Waals surface area contributed by atoms with E-state index in [-0.39, 0.29) is 5.91 Å². The molecule has 2 aliphatic rings. The molecule has 21 heavy (non-hydrogen) atoms. The molecule has 1 unspecified atom stereocenters. The van der Waals surface area contributed by atoms with Crippen molar-refractivity contribution in [3.63, 3.8) is 0 Å². The first-order chi connectivity index (χ1) is 10.3. The van der Waals surface area contributed by atoms with Gasteiger partial charge in [-0.3, -0.25) is 4.79 Å². The molecule has 1 fully saturated rings. The van der Waals surface area contributed by atoms with Crippen molar-refractivity contribution in [3.05, 3.63) is 21.9 Å². The quantitative estimate of drug-likeness (QED) is 0.848. The molecule has 1 aromatic rings. The molecule has 0 spiro atoms. The fourth-order valence-corrected chi connectivity index (χ4v) is 3.96. The lowest BCUT2D eigenvalue weighted by Gasteiger charge is -2.27. The van der Waals surface area contributed by atoms with Gasteiger partial charge in [0.25, 0.3) is 0 Å². The van der Waals surface area contributed by atoms with Crippen LogP contribution in [0.5, 0.6) is 0 Å². The lowest BCUT2D eigenvalue weighted by Crippen LogP contribution is -2.41. The molecule has 5 heteroatoms. The van der Waals surface area contributed by atoms with Crippen molar-refractivity contribution < 1.29 is 9.53 Å². The molecule has 1 aromatic heterocycles. The highest BCUT2D eigenvalue weighted by Crippen LogP contribution is 2.23. The Bertz CT molecular complexity index is 469. The van der Waals surface area contributed by atoms with Crippen LogP contribution >= 0.6 is 11.3 Å². The van der Waals surface area contributed by atoms with Gasteiger partial charge in [-0.05, 0) is 55.7 Å². The maximum Gasteiger partial charge on any atom is 0.236 e. The molecule has 0 saturated carbocycles. The minimum Gasteiger partial charge on any atom is -0.378 e. The molecule has 0 bridgehead atoms. The van der Waals surface area contributed by atoms with Gasteiger partial charge in [0, 0.05) is 24.6 Å². The van der Waals surface area contributed by atoms with Crippen molar-refractivity contribution in [2.24, 2.45) is 0 Å². The van der Waals surface area contributed by atoms with E-state index in [9.17, 15) is 4.79 Å². The lowest BCUT2D eigenvalue weighted by molar-refractivity contribution is -0.131. The highest BCUT2D eigenvalue weighted by Gasteiger charge is 2.21. The molecule has 0 aromatic carbocycles. The van der Waals surface area contributed by atoms with E-state index in [0.29, 0.717) is 12.6 Å². The summed E-state index contributed by atoms with van der Waals surface area (Å²) in [6.07, 6.45) is 6.06. The first-order valence-corrected chi connectivity index (χ1v) is 8.86. The number of ether oxygens (including phenoxy) is 1. The fourth-order valence-electron chi connectivity index (χ4n) is 3.07. The van der Waals surface area contributed by atoms with Crippen LogP contribution in [0.3, 0.4) is 0 Å². The number of rotatable bonds is 5. The maximum atomic E-state index is 12.2. The minimum atomic E-state index is 0.219. The van der Waals surface area contributed by atoms with Crippen molar-refractivity contribution >= 4 is 17.2 Å². The van der Waals surface area contributed by atoms with Gasteiger partial charge in [-0.15, -0.1) is 11.3 Å². The number of nitrogens with zero attached hydrogens (tertiary/aromatic N) is 1. The van der Waals surface area contributed by atoms with Crippen LogP contribution in [-0.2, 0) is 22.5 Å². The maximum absolute atomic E-state index is 12.2. The molecule has 1 atom stereocenters. The Hall–Kier alpha value is -0.910. The molecule has 3 heterocycles. The van der Waals surface area contributed by atoms with Crippen LogP contribution in [0, 0.1) is 0 Å². The molecular weight excluding hydrogens is 284 g/mol. The van der Waals surface area contributed by atoms with Gasteiger partial charge in [0.05, 0.1) is 12.6 Å². The summed E-state index contributed by atoms with van der Waals surface area (Å²) in [5.74, 6) is 0.219. The number of hydrogen-bond donors (Lipinski definition) is 1. The smallest absolute Gasteiger partial charge is 0.236 e. The molecule has 1 saturated heterocycles. The number of hydrogen-bond acceptors (Lipinski definition) is 4. The number of fused-ring (bicyclic) bond motifs is 1. The Morgan fingerprint density at radius 1 is 1.48 bits per heavy atom. The molecule has 1 amide bonds. The summed E-state index contributed by atoms with van der Waals surface area (Å²) in [4.78, 5) is 15.6. The Kier molecular flexibility index (Phi) is 5.27. The van der Waals surface area contributed by atoms with Gasteiger partial charge in [-0.2, -0.15) is 0 Å². The van der Waals surface area contributed by atoms with E-state index in [1.165, 1.54) is 29.7 Å². The first kappa shape index (κ1) is 15.0. The predicted octanol–water partition coefficient (Wildman–Crippen LogP) is 2.18. The topological polar surface area (TPSA) is 41.6 Å². The highest BCUT2D eigenvalue weighted by atomic mass is 32.1. The van der Waals surface area contributed by atoms with Crippen LogP contribution in [0.1, 0.15) is 36.1 Å². The fraction of sp³-hybridized carbons (Fsp3) is 0.688. The SMILES string of the molecule is O=C(CNCCC1CCCCO1)N1CCc2sccc2C1. The van der Waals surface area contributed by atoms with Crippen molar-refractivity contribution in [2.45, 2.75) is 44.8 Å². The molecule has 1 N–H and O–H groups in total. The van der Waals surface area contributed by atoms with Crippen molar-refractivity contribution in [1.29, 1.82) is 0 Å². The Morgan fingerprint density at radius 3 is 3.29 bits per heavy atom. The van der Waals surface area contributed by atoms with Gasteiger partial charge in [0.1, 0.15) is 0 Å². The number of amides is 1. The van der Waals surface area contributed by atoms with E-state index in [2.05, 4.69) is 16.8 Å². The summed E-state index contributed by atoms with van der Waals surface area (Å²) in [6.45, 7) is 3.87. The Labute approximate surface area is 130 Å².